The molecule has 4 N–H and O–H groups in total. The normalized spacial score (nSPS) is 13.9. The van der Waals surface area contributed by atoms with Crippen molar-refractivity contribution < 1.29 is 19.8 Å². The summed E-state index contributed by atoms with van der Waals surface area (Å²) in [6.45, 7) is 2.22. The Labute approximate surface area is 259 Å². The van der Waals surface area contributed by atoms with E-state index in [1.807, 2.05) is 55.5 Å². The number of carbonyl (C=O) groups is 2. The van der Waals surface area contributed by atoms with Crippen molar-refractivity contribution in [3.05, 3.63) is 81.3 Å². The fourth-order valence-electron chi connectivity index (χ4n) is 4.75. The number of rotatable bonds is 11. The van der Waals surface area contributed by atoms with Crippen LogP contribution in [0.3, 0.4) is 0 Å². The monoisotopic (exact) mass is 622 g/mol. The minimum atomic E-state index is -0.111. The van der Waals surface area contributed by atoms with Gasteiger partial charge in [-0.2, -0.15) is 0 Å². The van der Waals surface area contributed by atoms with E-state index in [0.29, 0.717) is 35.4 Å². The van der Waals surface area contributed by atoms with Crippen LogP contribution in [0.1, 0.15) is 78.1 Å². The molecule has 0 aliphatic heterocycles. The first-order valence-corrected chi connectivity index (χ1v) is 16.2. The second-order valence-corrected chi connectivity index (χ2v) is 12.4. The number of amides is 2. The highest BCUT2D eigenvalue weighted by Gasteiger charge is 2.20. The summed E-state index contributed by atoms with van der Waals surface area (Å²) in [6, 6.07) is 15.4. The Bertz CT molecular complexity index is 1410. The number of aromatic nitrogens is 4. The number of anilines is 2. The maximum absolute atomic E-state index is 12.2. The van der Waals surface area contributed by atoms with Crippen molar-refractivity contribution in [1.82, 2.24) is 20.4 Å². The maximum Gasteiger partial charge on any atom is 0.230 e. The average molecular weight is 623 g/mol. The van der Waals surface area contributed by atoms with Crippen LogP contribution in [0.25, 0.3) is 0 Å². The summed E-state index contributed by atoms with van der Waals surface area (Å²) in [5.41, 5.74) is 5.58. The van der Waals surface area contributed by atoms with Gasteiger partial charge in [0.1, 0.15) is 10.5 Å². The van der Waals surface area contributed by atoms with Gasteiger partial charge < -0.3 is 20.8 Å². The van der Waals surface area contributed by atoms with Crippen LogP contribution in [0.5, 0.6) is 0 Å². The molecular weight excluding hydrogens is 585 g/mol. The van der Waals surface area contributed by atoms with Crippen LogP contribution >= 0.6 is 22.7 Å². The van der Waals surface area contributed by atoms with Crippen LogP contribution in [0, 0.1) is 0 Å². The number of nitrogens with one attached hydrogen (secondary N) is 2. The van der Waals surface area contributed by atoms with Crippen molar-refractivity contribution in [2.45, 2.75) is 70.1 Å². The minimum absolute atomic E-state index is 0.0729. The number of hydrogen-bond acceptors (Lipinski definition) is 10. The summed E-state index contributed by atoms with van der Waals surface area (Å²) in [5, 5.41) is 41.5. The highest BCUT2D eigenvalue weighted by Crippen LogP contribution is 2.35. The quantitative estimate of drug-likeness (QED) is 0.180. The number of aliphatic hydroxyl groups is 2. The number of nitrogens with zero attached hydrogens (tertiary/aromatic N) is 4. The molecule has 228 valence electrons. The zero-order valence-corrected chi connectivity index (χ0v) is 25.9. The Morgan fingerprint density at radius 3 is 2.02 bits per heavy atom. The van der Waals surface area contributed by atoms with Gasteiger partial charge in [-0.3, -0.25) is 9.59 Å². The highest BCUT2D eigenvalue weighted by molar-refractivity contribution is 7.15. The first-order chi connectivity index (χ1) is 20.9. The number of hydrogen-bond donors (Lipinski definition) is 4. The summed E-state index contributed by atoms with van der Waals surface area (Å²) >= 11 is 2.79. The van der Waals surface area contributed by atoms with Crippen LogP contribution < -0.4 is 10.6 Å². The fraction of sp³-hybridized carbons (Fsp3) is 0.419. The maximum atomic E-state index is 12.2. The predicted octanol–water partition coefficient (Wildman–Crippen LogP) is 5.12. The van der Waals surface area contributed by atoms with E-state index in [9.17, 15) is 9.59 Å². The van der Waals surface area contributed by atoms with Gasteiger partial charge in [0.15, 0.2) is 0 Å². The molecule has 0 radical (unpaired) electrons. The van der Waals surface area contributed by atoms with Crippen molar-refractivity contribution in [2.75, 3.05) is 23.8 Å². The van der Waals surface area contributed by atoms with E-state index in [-0.39, 0.29) is 30.9 Å². The molecule has 10 nitrogen and oxygen atoms in total. The van der Waals surface area contributed by atoms with E-state index in [0.717, 1.165) is 27.3 Å². The number of carbonyl (C=O) groups excluding carboxylic acids is 2. The van der Waals surface area contributed by atoms with E-state index < -0.39 is 0 Å². The second kappa shape index (κ2) is 16.9. The lowest BCUT2D eigenvalue weighted by Gasteiger charge is -2.18. The molecule has 2 aromatic carbocycles. The molecule has 4 aromatic rings. The summed E-state index contributed by atoms with van der Waals surface area (Å²) in [5.74, 6) is 0.446. The van der Waals surface area contributed by atoms with E-state index in [1.54, 1.807) is 5.51 Å². The molecule has 43 heavy (non-hydrogen) atoms. The van der Waals surface area contributed by atoms with Gasteiger partial charge in [-0.15, -0.1) is 20.4 Å². The molecule has 1 fully saturated rings. The van der Waals surface area contributed by atoms with Crippen LogP contribution in [-0.4, -0.2) is 55.6 Å². The van der Waals surface area contributed by atoms with Crippen molar-refractivity contribution in [1.29, 1.82) is 0 Å². The Balaban J connectivity index is 0.000000203. The lowest BCUT2D eigenvalue weighted by Crippen LogP contribution is -2.14. The SMILES string of the molecule is CC(CO)c1ccc(CC(=O)Nc2nncs2)cc1.O=C(Cc1ccc(CCO)cc1)Nc1nnc(C2CCCCC2)s1. The summed E-state index contributed by atoms with van der Waals surface area (Å²) in [7, 11) is 0. The predicted molar refractivity (Wildman–Crippen MR) is 169 cm³/mol. The van der Waals surface area contributed by atoms with Gasteiger partial charge in [0.05, 0.1) is 12.8 Å². The van der Waals surface area contributed by atoms with E-state index >= 15 is 0 Å². The summed E-state index contributed by atoms with van der Waals surface area (Å²) < 4.78 is 0. The van der Waals surface area contributed by atoms with Gasteiger partial charge in [0.25, 0.3) is 0 Å². The standard InChI is InChI=1S/C18H23N3O2S.C13H15N3O2S/c22-11-10-13-6-8-14(9-7-13)12-16(23)19-18-21-20-17(24-18)15-4-2-1-3-5-15;1-9(7-17)11-4-2-10(3-5-11)6-12(18)15-13-16-14-8-19-13/h6-9,15,22H,1-5,10-12H2,(H,19,21,23);2-5,8-9,17H,6-7H2,1H3,(H,15,16,18). The van der Waals surface area contributed by atoms with E-state index in [1.165, 1.54) is 54.8 Å². The first-order valence-electron chi connectivity index (χ1n) is 14.5. The lowest BCUT2D eigenvalue weighted by atomic mass is 9.90. The molecule has 1 unspecified atom stereocenters. The molecule has 0 spiro atoms. The Kier molecular flexibility index (Phi) is 12.7. The third kappa shape index (κ3) is 10.6. The van der Waals surface area contributed by atoms with Gasteiger partial charge in [0.2, 0.25) is 22.1 Å². The minimum Gasteiger partial charge on any atom is -0.396 e. The lowest BCUT2D eigenvalue weighted by molar-refractivity contribution is -0.116. The molecule has 1 atom stereocenters. The molecule has 5 rings (SSSR count). The molecule has 1 saturated carbocycles. The Hall–Kier alpha value is -3.58. The number of aliphatic hydroxyl groups excluding tert-OH is 2. The van der Waals surface area contributed by atoms with Crippen LogP contribution in [0.4, 0.5) is 10.3 Å². The molecular formula is C31H38N6O4S2. The van der Waals surface area contributed by atoms with Crippen LogP contribution in [0.2, 0.25) is 0 Å². The molecule has 0 saturated heterocycles. The smallest absolute Gasteiger partial charge is 0.230 e. The molecule has 0 bridgehead atoms. The van der Waals surface area contributed by atoms with Crippen LogP contribution in [-0.2, 0) is 28.9 Å². The van der Waals surface area contributed by atoms with Gasteiger partial charge in [-0.25, -0.2) is 0 Å². The molecule has 2 aromatic heterocycles. The van der Waals surface area contributed by atoms with E-state index in [4.69, 9.17) is 10.2 Å². The van der Waals surface area contributed by atoms with Crippen molar-refractivity contribution in [2.24, 2.45) is 0 Å². The average Bonchev–Trinajstić information content (AvgIpc) is 3.71. The van der Waals surface area contributed by atoms with Crippen molar-refractivity contribution >= 4 is 44.8 Å². The van der Waals surface area contributed by atoms with Gasteiger partial charge >= 0.3 is 0 Å². The van der Waals surface area contributed by atoms with Gasteiger partial charge in [-0.05, 0) is 41.5 Å². The Morgan fingerprint density at radius 1 is 0.837 bits per heavy atom. The largest absolute Gasteiger partial charge is 0.396 e. The van der Waals surface area contributed by atoms with E-state index in [2.05, 4.69) is 31.0 Å². The van der Waals surface area contributed by atoms with Gasteiger partial charge in [0, 0.05) is 25.0 Å². The second-order valence-electron chi connectivity index (χ2n) is 10.6. The molecule has 12 heteroatoms. The third-order valence-corrected chi connectivity index (χ3v) is 8.83. The summed E-state index contributed by atoms with van der Waals surface area (Å²) in [4.78, 5) is 23.9. The Morgan fingerprint density at radius 2 is 1.44 bits per heavy atom. The first kappa shape index (κ1) is 32.3. The zero-order chi connectivity index (χ0) is 30.4. The fourth-order valence-corrected chi connectivity index (χ4v) is 6.14. The zero-order valence-electron chi connectivity index (χ0n) is 24.2. The molecule has 1 aliphatic carbocycles. The van der Waals surface area contributed by atoms with Gasteiger partial charge in [-0.1, -0.05) is 97.4 Å². The van der Waals surface area contributed by atoms with Crippen molar-refractivity contribution in [3.63, 3.8) is 0 Å². The summed E-state index contributed by atoms with van der Waals surface area (Å²) in [6.07, 6.45) is 7.46. The van der Waals surface area contributed by atoms with Crippen LogP contribution in [0.15, 0.2) is 54.0 Å². The third-order valence-electron chi connectivity index (χ3n) is 7.22. The topological polar surface area (TPSA) is 150 Å². The van der Waals surface area contributed by atoms with Crippen molar-refractivity contribution in [3.8, 4) is 0 Å². The molecule has 1 aliphatic rings. The number of benzene rings is 2. The molecule has 2 heterocycles. The molecule has 2 amide bonds. The highest BCUT2D eigenvalue weighted by atomic mass is 32.1.